The van der Waals surface area contributed by atoms with Crippen LogP contribution in [-0.4, -0.2) is 10.1 Å². The fraction of sp³-hybridized carbons (Fsp3) is 0.267. The second kappa shape index (κ2) is 5.25. The smallest absolute Gasteiger partial charge is 0.382 e. The summed E-state index contributed by atoms with van der Waals surface area (Å²) in [6.07, 6.45) is -3.85. The topological polar surface area (TPSA) is 33.1 Å². The molecule has 1 atom stereocenters. The number of aliphatic hydroxyl groups excluding tert-OH is 1. The molecule has 0 aliphatic carbocycles. The van der Waals surface area contributed by atoms with E-state index in [0.717, 1.165) is 17.7 Å². The van der Waals surface area contributed by atoms with E-state index in [2.05, 4.69) is 4.98 Å². The fourth-order valence-corrected chi connectivity index (χ4v) is 2.03. The van der Waals surface area contributed by atoms with Crippen LogP contribution in [0, 0.1) is 13.8 Å². The molecule has 0 aliphatic heterocycles. The number of halogens is 3. The first-order valence-electron chi connectivity index (χ1n) is 6.07. The number of nitrogens with zero attached hydrogens (tertiary/aromatic N) is 1. The van der Waals surface area contributed by atoms with E-state index in [-0.39, 0.29) is 0 Å². The summed E-state index contributed by atoms with van der Waals surface area (Å²) in [5.74, 6) is 0. The van der Waals surface area contributed by atoms with Gasteiger partial charge in [-0.1, -0.05) is 6.07 Å². The molecule has 0 amide bonds. The largest absolute Gasteiger partial charge is 0.416 e. The summed E-state index contributed by atoms with van der Waals surface area (Å²) in [5.41, 5.74) is 1.45. The molecule has 20 heavy (non-hydrogen) atoms. The van der Waals surface area contributed by atoms with E-state index in [1.807, 2.05) is 6.92 Å². The Hall–Kier alpha value is -1.88. The minimum absolute atomic E-state index is 0.385. The predicted molar refractivity (Wildman–Crippen MR) is 69.2 cm³/mol. The summed E-state index contributed by atoms with van der Waals surface area (Å²) < 4.78 is 37.8. The molecule has 0 bridgehead atoms. The van der Waals surface area contributed by atoms with Crippen LogP contribution in [0.15, 0.2) is 36.5 Å². The maximum atomic E-state index is 12.6. The highest BCUT2D eigenvalue weighted by Crippen LogP contribution is 2.32. The van der Waals surface area contributed by atoms with Crippen LogP contribution in [0.2, 0.25) is 0 Å². The molecule has 1 aromatic heterocycles. The van der Waals surface area contributed by atoms with E-state index in [1.165, 1.54) is 6.07 Å². The molecule has 2 nitrogen and oxygen atoms in total. The summed E-state index contributed by atoms with van der Waals surface area (Å²) in [5, 5.41) is 10.2. The molecule has 0 aliphatic rings. The molecule has 1 aromatic carbocycles. The molecule has 0 saturated carbocycles. The summed E-state index contributed by atoms with van der Waals surface area (Å²) in [6.45, 7) is 3.40. The molecule has 1 unspecified atom stereocenters. The average molecular weight is 281 g/mol. The predicted octanol–water partition coefficient (Wildman–Crippen LogP) is 3.80. The van der Waals surface area contributed by atoms with Gasteiger partial charge in [0.2, 0.25) is 0 Å². The standard InChI is InChI=1S/C15H14F3NO/c1-9-5-6-19-13(7-9)14(20)12-4-3-11(8-10(12)2)15(16,17)18/h3-8,14,20H,1-2H3. The van der Waals surface area contributed by atoms with Gasteiger partial charge in [0.05, 0.1) is 11.3 Å². The zero-order valence-corrected chi connectivity index (χ0v) is 11.1. The van der Waals surface area contributed by atoms with Gasteiger partial charge in [0.15, 0.2) is 0 Å². The molecule has 0 spiro atoms. The van der Waals surface area contributed by atoms with Crippen LogP contribution in [0.5, 0.6) is 0 Å². The third kappa shape index (κ3) is 2.99. The Kier molecular flexibility index (Phi) is 3.81. The number of hydrogen-bond donors (Lipinski definition) is 1. The van der Waals surface area contributed by atoms with Gasteiger partial charge in [-0.15, -0.1) is 0 Å². The molecule has 5 heteroatoms. The summed E-state index contributed by atoms with van der Waals surface area (Å²) in [7, 11) is 0. The Bertz CT molecular complexity index is 623. The lowest BCUT2D eigenvalue weighted by atomic mass is 9.98. The first-order chi connectivity index (χ1) is 9.29. The molecule has 2 aromatic rings. The number of aromatic nitrogens is 1. The van der Waals surface area contributed by atoms with Crippen LogP contribution in [0.3, 0.4) is 0 Å². The lowest BCUT2D eigenvalue weighted by Gasteiger charge is -2.16. The summed E-state index contributed by atoms with van der Waals surface area (Å²) in [4.78, 5) is 4.06. The van der Waals surface area contributed by atoms with Crippen molar-refractivity contribution in [3.05, 3.63) is 64.5 Å². The highest BCUT2D eigenvalue weighted by atomic mass is 19.4. The number of hydrogen-bond acceptors (Lipinski definition) is 2. The van der Waals surface area contributed by atoms with Crippen molar-refractivity contribution in [3.63, 3.8) is 0 Å². The van der Waals surface area contributed by atoms with Crippen LogP contribution >= 0.6 is 0 Å². The highest BCUT2D eigenvalue weighted by Gasteiger charge is 2.31. The van der Waals surface area contributed by atoms with Crippen molar-refractivity contribution in [2.75, 3.05) is 0 Å². The SMILES string of the molecule is Cc1ccnc(C(O)c2ccc(C(F)(F)F)cc2C)c1. The Morgan fingerprint density at radius 3 is 2.35 bits per heavy atom. The van der Waals surface area contributed by atoms with E-state index in [9.17, 15) is 18.3 Å². The van der Waals surface area contributed by atoms with E-state index in [1.54, 1.807) is 25.3 Å². The second-order valence-electron chi connectivity index (χ2n) is 4.73. The van der Waals surface area contributed by atoms with Gasteiger partial charge in [0.1, 0.15) is 6.10 Å². The normalized spacial score (nSPS) is 13.3. The third-order valence-corrected chi connectivity index (χ3v) is 3.11. The van der Waals surface area contributed by atoms with Gasteiger partial charge >= 0.3 is 6.18 Å². The number of alkyl halides is 3. The lowest BCUT2D eigenvalue weighted by Crippen LogP contribution is -2.09. The minimum Gasteiger partial charge on any atom is -0.382 e. The van der Waals surface area contributed by atoms with Gasteiger partial charge in [0, 0.05) is 6.20 Å². The zero-order valence-electron chi connectivity index (χ0n) is 11.1. The van der Waals surface area contributed by atoms with Crippen LogP contribution in [0.4, 0.5) is 13.2 Å². The fourth-order valence-electron chi connectivity index (χ4n) is 2.03. The quantitative estimate of drug-likeness (QED) is 0.908. The molecule has 0 saturated heterocycles. The van der Waals surface area contributed by atoms with Gasteiger partial charge in [0.25, 0.3) is 0 Å². The highest BCUT2D eigenvalue weighted by molar-refractivity contribution is 5.37. The molecule has 1 N–H and O–H groups in total. The molecule has 0 fully saturated rings. The number of benzene rings is 1. The number of aliphatic hydroxyl groups is 1. The van der Waals surface area contributed by atoms with Crippen LogP contribution in [-0.2, 0) is 6.18 Å². The maximum Gasteiger partial charge on any atom is 0.416 e. The van der Waals surface area contributed by atoms with Gasteiger partial charge in [-0.05, 0) is 54.8 Å². The first kappa shape index (κ1) is 14.5. The molecule has 0 radical (unpaired) electrons. The molecular formula is C15H14F3NO. The molecule has 1 heterocycles. The van der Waals surface area contributed by atoms with Crippen molar-refractivity contribution >= 4 is 0 Å². The molecular weight excluding hydrogens is 267 g/mol. The van der Waals surface area contributed by atoms with Gasteiger partial charge in [-0.3, -0.25) is 4.98 Å². The Morgan fingerprint density at radius 1 is 1.10 bits per heavy atom. The van der Waals surface area contributed by atoms with Gasteiger partial charge in [-0.25, -0.2) is 0 Å². The Balaban J connectivity index is 2.38. The molecule has 2 rings (SSSR count). The van der Waals surface area contributed by atoms with Crippen LogP contribution in [0.25, 0.3) is 0 Å². The van der Waals surface area contributed by atoms with E-state index in [4.69, 9.17) is 0 Å². The summed E-state index contributed by atoms with van der Waals surface area (Å²) in [6, 6.07) is 6.81. The van der Waals surface area contributed by atoms with Crippen molar-refractivity contribution in [1.29, 1.82) is 0 Å². The monoisotopic (exact) mass is 281 g/mol. The van der Waals surface area contributed by atoms with Crippen molar-refractivity contribution in [2.45, 2.75) is 26.1 Å². The van der Waals surface area contributed by atoms with Crippen molar-refractivity contribution in [2.24, 2.45) is 0 Å². The van der Waals surface area contributed by atoms with E-state index < -0.39 is 17.8 Å². The van der Waals surface area contributed by atoms with Gasteiger partial charge in [-0.2, -0.15) is 13.2 Å². The lowest BCUT2D eigenvalue weighted by molar-refractivity contribution is -0.137. The third-order valence-electron chi connectivity index (χ3n) is 3.11. The Labute approximate surface area is 114 Å². The minimum atomic E-state index is -4.38. The number of aryl methyl sites for hydroxylation is 2. The van der Waals surface area contributed by atoms with Crippen LogP contribution < -0.4 is 0 Å². The van der Waals surface area contributed by atoms with Gasteiger partial charge < -0.3 is 5.11 Å². The Morgan fingerprint density at radius 2 is 1.80 bits per heavy atom. The van der Waals surface area contributed by atoms with Crippen molar-refractivity contribution in [1.82, 2.24) is 4.98 Å². The molecule has 106 valence electrons. The second-order valence-corrected chi connectivity index (χ2v) is 4.73. The average Bonchev–Trinajstić information content (AvgIpc) is 2.36. The maximum absolute atomic E-state index is 12.6. The van der Waals surface area contributed by atoms with E-state index >= 15 is 0 Å². The number of pyridine rings is 1. The zero-order chi connectivity index (χ0) is 14.9. The van der Waals surface area contributed by atoms with Crippen LogP contribution in [0.1, 0.15) is 34.1 Å². The van der Waals surface area contributed by atoms with Crippen molar-refractivity contribution < 1.29 is 18.3 Å². The number of rotatable bonds is 2. The van der Waals surface area contributed by atoms with E-state index in [0.29, 0.717) is 16.8 Å². The summed E-state index contributed by atoms with van der Waals surface area (Å²) >= 11 is 0. The van der Waals surface area contributed by atoms with Crippen molar-refractivity contribution in [3.8, 4) is 0 Å². The first-order valence-corrected chi connectivity index (χ1v) is 6.07.